The minimum Gasteiger partial charge on any atom is -0.493 e. The molecule has 0 N–H and O–H groups in total. The molecule has 0 aromatic heterocycles. The molecule has 0 bridgehead atoms. The fraction of sp³-hybridized carbons (Fsp3) is 0.350. The first-order valence-electron chi connectivity index (χ1n) is 8.11. The Hall–Kier alpha value is -2.29. The lowest BCUT2D eigenvalue weighted by molar-refractivity contribution is -0.139. The van der Waals surface area contributed by atoms with Gasteiger partial charge in [0.25, 0.3) is 0 Å². The van der Waals surface area contributed by atoms with E-state index in [2.05, 4.69) is 24.8 Å². The van der Waals surface area contributed by atoms with Crippen molar-refractivity contribution in [2.75, 3.05) is 13.2 Å². The van der Waals surface area contributed by atoms with E-state index in [1.54, 1.807) is 6.92 Å². The Kier molecular flexibility index (Phi) is 6.67. The maximum absolute atomic E-state index is 11.2. The standard InChI is InChI=1S/C20H24O3/c1-16(2)20(21)23-15-8-4-3-7-14-22-19-13-9-11-17-10-5-6-12-18(17)19/h5-6,9-13H,1,3-4,7-8,14-15H2,2H3. The van der Waals surface area contributed by atoms with E-state index in [0.29, 0.717) is 18.8 Å². The zero-order valence-corrected chi connectivity index (χ0v) is 13.7. The fourth-order valence-electron chi connectivity index (χ4n) is 2.35. The number of benzene rings is 2. The number of fused-ring (bicyclic) bond motifs is 1. The first-order chi connectivity index (χ1) is 11.2. The van der Waals surface area contributed by atoms with Crippen molar-refractivity contribution in [1.82, 2.24) is 0 Å². The summed E-state index contributed by atoms with van der Waals surface area (Å²) in [7, 11) is 0. The number of rotatable bonds is 9. The number of carbonyl (C=O) groups is 1. The maximum atomic E-state index is 11.2. The highest BCUT2D eigenvalue weighted by Gasteiger charge is 2.02. The van der Waals surface area contributed by atoms with Gasteiger partial charge in [0.05, 0.1) is 13.2 Å². The van der Waals surface area contributed by atoms with E-state index in [4.69, 9.17) is 9.47 Å². The van der Waals surface area contributed by atoms with Crippen molar-refractivity contribution in [2.24, 2.45) is 0 Å². The van der Waals surface area contributed by atoms with Crippen molar-refractivity contribution < 1.29 is 14.3 Å². The van der Waals surface area contributed by atoms with Crippen molar-refractivity contribution in [1.29, 1.82) is 0 Å². The average molecular weight is 312 g/mol. The van der Waals surface area contributed by atoms with E-state index in [1.807, 2.05) is 24.3 Å². The molecular weight excluding hydrogens is 288 g/mol. The van der Waals surface area contributed by atoms with Crippen molar-refractivity contribution in [3.63, 3.8) is 0 Å². The van der Waals surface area contributed by atoms with Gasteiger partial charge in [-0.05, 0) is 44.1 Å². The largest absolute Gasteiger partial charge is 0.493 e. The molecule has 0 saturated heterocycles. The smallest absolute Gasteiger partial charge is 0.333 e. The fourth-order valence-corrected chi connectivity index (χ4v) is 2.35. The minimum absolute atomic E-state index is 0.302. The van der Waals surface area contributed by atoms with Gasteiger partial charge in [0.1, 0.15) is 5.75 Å². The Bertz CT molecular complexity index is 655. The molecule has 0 heterocycles. The molecule has 2 rings (SSSR count). The number of unbranched alkanes of at least 4 members (excludes halogenated alkanes) is 3. The summed E-state index contributed by atoms with van der Waals surface area (Å²) in [6.07, 6.45) is 3.97. The lowest BCUT2D eigenvalue weighted by Gasteiger charge is -2.09. The quantitative estimate of drug-likeness (QED) is 0.375. The molecule has 2 aromatic carbocycles. The molecular formula is C20H24O3. The molecule has 122 valence electrons. The molecule has 0 fully saturated rings. The second-order valence-electron chi connectivity index (χ2n) is 5.66. The van der Waals surface area contributed by atoms with Gasteiger partial charge in [0.2, 0.25) is 0 Å². The Morgan fingerprint density at radius 3 is 2.43 bits per heavy atom. The molecule has 0 aliphatic heterocycles. The average Bonchev–Trinajstić information content (AvgIpc) is 2.57. The third kappa shape index (κ3) is 5.44. The monoisotopic (exact) mass is 312 g/mol. The first-order valence-corrected chi connectivity index (χ1v) is 8.11. The van der Waals surface area contributed by atoms with Crippen LogP contribution in [0, 0.1) is 0 Å². The van der Waals surface area contributed by atoms with Crippen LogP contribution in [0.4, 0.5) is 0 Å². The molecule has 0 unspecified atom stereocenters. The zero-order valence-electron chi connectivity index (χ0n) is 13.7. The van der Waals surface area contributed by atoms with Crippen molar-refractivity contribution in [2.45, 2.75) is 32.6 Å². The van der Waals surface area contributed by atoms with Crippen LogP contribution in [0.15, 0.2) is 54.6 Å². The van der Waals surface area contributed by atoms with E-state index in [0.717, 1.165) is 36.8 Å². The molecule has 23 heavy (non-hydrogen) atoms. The summed E-state index contributed by atoms with van der Waals surface area (Å²) in [5.74, 6) is 0.641. The summed E-state index contributed by atoms with van der Waals surface area (Å²) in [5, 5.41) is 2.35. The summed E-state index contributed by atoms with van der Waals surface area (Å²) >= 11 is 0. The van der Waals surface area contributed by atoms with Crippen molar-refractivity contribution in [3.05, 3.63) is 54.6 Å². The molecule has 0 amide bonds. The van der Waals surface area contributed by atoms with Crippen LogP contribution in [0.3, 0.4) is 0 Å². The van der Waals surface area contributed by atoms with Crippen LogP contribution < -0.4 is 4.74 Å². The minimum atomic E-state index is -0.302. The predicted molar refractivity (Wildman–Crippen MR) is 93.7 cm³/mol. The summed E-state index contributed by atoms with van der Waals surface area (Å²) < 4.78 is 11.0. The molecule has 0 radical (unpaired) electrons. The van der Waals surface area contributed by atoms with Gasteiger partial charge in [0.15, 0.2) is 0 Å². The van der Waals surface area contributed by atoms with Crippen molar-refractivity contribution in [3.8, 4) is 5.75 Å². The molecule has 0 atom stereocenters. The van der Waals surface area contributed by atoms with Gasteiger partial charge >= 0.3 is 5.97 Å². The second-order valence-corrected chi connectivity index (χ2v) is 5.66. The topological polar surface area (TPSA) is 35.5 Å². The third-order valence-electron chi connectivity index (χ3n) is 3.63. The van der Waals surface area contributed by atoms with E-state index in [-0.39, 0.29) is 5.97 Å². The summed E-state index contributed by atoms with van der Waals surface area (Å²) in [5.41, 5.74) is 0.452. The number of hydrogen-bond donors (Lipinski definition) is 0. The van der Waals surface area contributed by atoms with E-state index < -0.39 is 0 Å². The van der Waals surface area contributed by atoms with Crippen LogP contribution in [0.5, 0.6) is 5.75 Å². The Labute approximate surface area is 137 Å². The van der Waals surface area contributed by atoms with Crippen LogP contribution in [0.25, 0.3) is 10.8 Å². The van der Waals surface area contributed by atoms with Gasteiger partial charge in [0, 0.05) is 11.0 Å². The highest BCUT2D eigenvalue weighted by molar-refractivity contribution is 5.88. The van der Waals surface area contributed by atoms with Gasteiger partial charge in [-0.3, -0.25) is 0 Å². The van der Waals surface area contributed by atoms with Crippen LogP contribution in [0.2, 0.25) is 0 Å². The van der Waals surface area contributed by atoms with E-state index in [1.165, 1.54) is 5.39 Å². The van der Waals surface area contributed by atoms with Gasteiger partial charge in [-0.2, -0.15) is 0 Å². The Morgan fingerprint density at radius 1 is 0.957 bits per heavy atom. The molecule has 0 spiro atoms. The van der Waals surface area contributed by atoms with E-state index >= 15 is 0 Å². The second kappa shape index (κ2) is 8.99. The maximum Gasteiger partial charge on any atom is 0.333 e. The number of carbonyl (C=O) groups excluding carboxylic acids is 1. The van der Waals surface area contributed by atoms with Crippen LogP contribution in [0.1, 0.15) is 32.6 Å². The molecule has 0 saturated carbocycles. The van der Waals surface area contributed by atoms with Gasteiger partial charge < -0.3 is 9.47 Å². The van der Waals surface area contributed by atoms with Crippen LogP contribution in [-0.4, -0.2) is 19.2 Å². The molecule has 0 aliphatic carbocycles. The number of esters is 1. The lowest BCUT2D eigenvalue weighted by atomic mass is 10.1. The molecule has 3 heteroatoms. The molecule has 2 aromatic rings. The van der Waals surface area contributed by atoms with Gasteiger partial charge in [-0.15, -0.1) is 0 Å². The zero-order chi connectivity index (χ0) is 16.5. The third-order valence-corrected chi connectivity index (χ3v) is 3.63. The van der Waals surface area contributed by atoms with Crippen LogP contribution >= 0.6 is 0 Å². The number of hydrogen-bond acceptors (Lipinski definition) is 3. The van der Waals surface area contributed by atoms with Gasteiger partial charge in [-0.25, -0.2) is 4.79 Å². The first kappa shape index (κ1) is 17.1. The molecule has 3 nitrogen and oxygen atoms in total. The van der Waals surface area contributed by atoms with Crippen LogP contribution in [-0.2, 0) is 9.53 Å². The summed E-state index contributed by atoms with van der Waals surface area (Å²) in [4.78, 5) is 11.2. The Balaban J connectivity index is 1.62. The van der Waals surface area contributed by atoms with Crippen molar-refractivity contribution >= 4 is 16.7 Å². The normalized spacial score (nSPS) is 10.5. The number of ether oxygens (including phenoxy) is 2. The predicted octanol–water partition coefficient (Wildman–Crippen LogP) is 4.90. The van der Waals surface area contributed by atoms with E-state index in [9.17, 15) is 4.79 Å². The Morgan fingerprint density at radius 2 is 1.65 bits per heavy atom. The molecule has 0 aliphatic rings. The summed E-state index contributed by atoms with van der Waals surface area (Å²) in [6, 6.07) is 14.4. The highest BCUT2D eigenvalue weighted by Crippen LogP contribution is 2.25. The van der Waals surface area contributed by atoms with Gasteiger partial charge in [-0.1, -0.05) is 43.0 Å². The lowest BCUT2D eigenvalue weighted by Crippen LogP contribution is -2.06. The summed E-state index contributed by atoms with van der Waals surface area (Å²) in [6.45, 7) is 6.39. The highest BCUT2D eigenvalue weighted by atomic mass is 16.5. The SMILES string of the molecule is C=C(C)C(=O)OCCCCCCOc1cccc2ccccc12.